The lowest BCUT2D eigenvalue weighted by molar-refractivity contribution is 1.02. The third-order valence-corrected chi connectivity index (χ3v) is 2.65. The summed E-state index contributed by atoms with van der Waals surface area (Å²) in [6, 6.07) is 8.40. The molecule has 0 radical (unpaired) electrons. The van der Waals surface area contributed by atoms with E-state index in [1.165, 1.54) is 10.5 Å². The third-order valence-electron chi connectivity index (χ3n) is 1.92. The van der Waals surface area contributed by atoms with Gasteiger partial charge < -0.3 is 5.73 Å². The number of rotatable bonds is 4. The Morgan fingerprint density at radius 2 is 2.31 bits per heavy atom. The smallest absolute Gasteiger partial charge is 0.00751 e. The van der Waals surface area contributed by atoms with Crippen molar-refractivity contribution < 1.29 is 0 Å². The molecule has 1 rings (SSSR count). The van der Waals surface area contributed by atoms with Crippen LogP contribution in [0.3, 0.4) is 0 Å². The van der Waals surface area contributed by atoms with Crippen molar-refractivity contribution in [2.75, 3.05) is 12.8 Å². The molecular formula is C11H15NS. The van der Waals surface area contributed by atoms with Gasteiger partial charge in [-0.3, -0.25) is 0 Å². The van der Waals surface area contributed by atoms with Crippen molar-refractivity contribution in [2.24, 2.45) is 5.73 Å². The molecule has 0 amide bonds. The standard InChI is InChI=1S/C11H15NS/c1-9(6-7-12)10-4-3-5-11(8-10)13-2/h3-5,8H,1,6-7,12H2,2H3. The van der Waals surface area contributed by atoms with Crippen LogP contribution in [0.2, 0.25) is 0 Å². The minimum absolute atomic E-state index is 0.669. The Morgan fingerprint density at radius 3 is 2.92 bits per heavy atom. The summed E-state index contributed by atoms with van der Waals surface area (Å²) in [7, 11) is 0. The van der Waals surface area contributed by atoms with Crippen LogP contribution >= 0.6 is 11.8 Å². The fourth-order valence-electron chi connectivity index (χ4n) is 1.16. The van der Waals surface area contributed by atoms with E-state index < -0.39 is 0 Å². The molecule has 0 spiro atoms. The number of benzene rings is 1. The molecule has 0 saturated carbocycles. The van der Waals surface area contributed by atoms with E-state index in [0.29, 0.717) is 6.54 Å². The van der Waals surface area contributed by atoms with E-state index in [2.05, 4.69) is 37.1 Å². The Morgan fingerprint density at radius 1 is 1.54 bits per heavy atom. The summed E-state index contributed by atoms with van der Waals surface area (Å²) in [6.07, 6.45) is 2.95. The molecule has 0 fully saturated rings. The summed E-state index contributed by atoms with van der Waals surface area (Å²) >= 11 is 1.75. The van der Waals surface area contributed by atoms with Gasteiger partial charge in [-0.15, -0.1) is 11.8 Å². The Kier molecular flexibility index (Phi) is 4.06. The zero-order chi connectivity index (χ0) is 9.68. The second kappa shape index (κ2) is 5.10. The molecular weight excluding hydrogens is 178 g/mol. The molecule has 0 heterocycles. The van der Waals surface area contributed by atoms with Gasteiger partial charge in [0.15, 0.2) is 0 Å². The van der Waals surface area contributed by atoms with E-state index in [0.717, 1.165) is 12.0 Å². The molecule has 0 unspecified atom stereocenters. The fourth-order valence-corrected chi connectivity index (χ4v) is 1.62. The third kappa shape index (κ3) is 2.90. The van der Waals surface area contributed by atoms with E-state index in [-0.39, 0.29) is 0 Å². The first-order chi connectivity index (χ1) is 6.27. The normalized spacial score (nSPS) is 10.0. The summed E-state index contributed by atoms with van der Waals surface area (Å²) < 4.78 is 0. The van der Waals surface area contributed by atoms with E-state index in [1.54, 1.807) is 11.8 Å². The molecule has 0 aromatic heterocycles. The summed E-state index contributed by atoms with van der Waals surface area (Å²) in [4.78, 5) is 1.27. The first-order valence-corrected chi connectivity index (χ1v) is 5.52. The first-order valence-electron chi connectivity index (χ1n) is 4.30. The molecule has 2 N–H and O–H groups in total. The van der Waals surface area contributed by atoms with Crippen LogP contribution in [-0.2, 0) is 0 Å². The molecule has 1 aromatic rings. The van der Waals surface area contributed by atoms with Gasteiger partial charge in [0.2, 0.25) is 0 Å². The van der Waals surface area contributed by atoms with Crippen molar-refractivity contribution in [3.63, 3.8) is 0 Å². The molecule has 0 aliphatic carbocycles. The van der Waals surface area contributed by atoms with Gasteiger partial charge >= 0.3 is 0 Å². The van der Waals surface area contributed by atoms with E-state index in [1.807, 2.05) is 0 Å². The van der Waals surface area contributed by atoms with Gasteiger partial charge in [-0.05, 0) is 42.5 Å². The van der Waals surface area contributed by atoms with Gasteiger partial charge in [-0.25, -0.2) is 0 Å². The molecule has 1 aromatic carbocycles. The summed E-state index contributed by atoms with van der Waals surface area (Å²) in [5.74, 6) is 0. The van der Waals surface area contributed by atoms with Gasteiger partial charge in [-0.1, -0.05) is 18.7 Å². The van der Waals surface area contributed by atoms with E-state index in [9.17, 15) is 0 Å². The monoisotopic (exact) mass is 193 g/mol. The van der Waals surface area contributed by atoms with Gasteiger partial charge in [0.25, 0.3) is 0 Å². The van der Waals surface area contributed by atoms with Crippen LogP contribution in [0.15, 0.2) is 35.7 Å². The average Bonchev–Trinajstić information content (AvgIpc) is 2.18. The minimum Gasteiger partial charge on any atom is -0.330 e. The minimum atomic E-state index is 0.669. The fraction of sp³-hybridized carbons (Fsp3) is 0.273. The quantitative estimate of drug-likeness (QED) is 0.744. The van der Waals surface area contributed by atoms with E-state index >= 15 is 0 Å². The zero-order valence-electron chi connectivity index (χ0n) is 7.92. The van der Waals surface area contributed by atoms with Gasteiger partial charge in [-0.2, -0.15) is 0 Å². The van der Waals surface area contributed by atoms with Gasteiger partial charge in [0.05, 0.1) is 0 Å². The second-order valence-electron chi connectivity index (χ2n) is 2.87. The van der Waals surface area contributed by atoms with Crippen molar-refractivity contribution in [3.8, 4) is 0 Å². The highest BCUT2D eigenvalue weighted by atomic mass is 32.2. The van der Waals surface area contributed by atoms with Crippen LogP contribution in [0.1, 0.15) is 12.0 Å². The lowest BCUT2D eigenvalue weighted by Crippen LogP contribution is -1.99. The lowest BCUT2D eigenvalue weighted by atomic mass is 10.1. The number of nitrogens with two attached hydrogens (primary N) is 1. The van der Waals surface area contributed by atoms with Crippen molar-refractivity contribution in [1.82, 2.24) is 0 Å². The molecule has 2 heteroatoms. The van der Waals surface area contributed by atoms with Gasteiger partial charge in [0.1, 0.15) is 0 Å². The number of hydrogen-bond donors (Lipinski definition) is 1. The Balaban J connectivity index is 2.82. The number of hydrogen-bond acceptors (Lipinski definition) is 2. The van der Waals surface area contributed by atoms with Crippen LogP contribution < -0.4 is 5.73 Å². The molecule has 0 atom stereocenters. The second-order valence-corrected chi connectivity index (χ2v) is 3.75. The molecule has 70 valence electrons. The Labute approximate surface area is 84.0 Å². The van der Waals surface area contributed by atoms with Crippen LogP contribution in [0.5, 0.6) is 0 Å². The maximum absolute atomic E-state index is 5.47. The summed E-state index contributed by atoms with van der Waals surface area (Å²) in [5, 5.41) is 0. The zero-order valence-corrected chi connectivity index (χ0v) is 8.73. The maximum atomic E-state index is 5.47. The number of thioether (sulfide) groups is 1. The van der Waals surface area contributed by atoms with Crippen LogP contribution in [0.4, 0.5) is 0 Å². The SMILES string of the molecule is C=C(CCN)c1cccc(SC)c1. The summed E-state index contributed by atoms with van der Waals surface area (Å²) in [6.45, 7) is 4.67. The maximum Gasteiger partial charge on any atom is 0.00751 e. The van der Waals surface area contributed by atoms with E-state index in [4.69, 9.17) is 5.73 Å². The molecule has 0 aliphatic heterocycles. The molecule has 1 nitrogen and oxygen atoms in total. The highest BCUT2D eigenvalue weighted by molar-refractivity contribution is 7.98. The molecule has 0 saturated heterocycles. The van der Waals surface area contributed by atoms with Gasteiger partial charge in [0, 0.05) is 4.90 Å². The predicted molar refractivity (Wildman–Crippen MR) is 60.9 cm³/mol. The van der Waals surface area contributed by atoms with Crippen molar-refractivity contribution in [3.05, 3.63) is 36.4 Å². The molecule has 13 heavy (non-hydrogen) atoms. The first kappa shape index (κ1) is 10.4. The molecule has 0 bridgehead atoms. The predicted octanol–water partition coefficient (Wildman–Crippen LogP) is 2.77. The topological polar surface area (TPSA) is 26.0 Å². The van der Waals surface area contributed by atoms with Crippen LogP contribution in [0, 0.1) is 0 Å². The average molecular weight is 193 g/mol. The van der Waals surface area contributed by atoms with Crippen molar-refractivity contribution in [2.45, 2.75) is 11.3 Å². The molecule has 0 aliphatic rings. The summed E-state index contributed by atoms with van der Waals surface area (Å²) in [5.41, 5.74) is 7.80. The largest absolute Gasteiger partial charge is 0.330 e. The Bertz CT molecular complexity index is 294. The van der Waals surface area contributed by atoms with Crippen molar-refractivity contribution in [1.29, 1.82) is 0 Å². The highest BCUT2D eigenvalue weighted by Gasteiger charge is 1.98. The van der Waals surface area contributed by atoms with Crippen molar-refractivity contribution >= 4 is 17.3 Å². The highest BCUT2D eigenvalue weighted by Crippen LogP contribution is 2.21. The van der Waals surface area contributed by atoms with Crippen LogP contribution in [-0.4, -0.2) is 12.8 Å². The lowest BCUT2D eigenvalue weighted by Gasteiger charge is -2.05. The Hall–Kier alpha value is -0.730. The van der Waals surface area contributed by atoms with Crippen LogP contribution in [0.25, 0.3) is 5.57 Å².